The maximum absolute atomic E-state index is 12.0. The molecule has 0 radical (unpaired) electrons. The zero-order valence-corrected chi connectivity index (χ0v) is 11.4. The Bertz CT molecular complexity index is 435. The van der Waals surface area contributed by atoms with Crippen LogP contribution in [0.25, 0.3) is 0 Å². The van der Waals surface area contributed by atoms with E-state index in [1.54, 1.807) is 6.07 Å². The molecule has 1 aliphatic rings. The second kappa shape index (κ2) is 6.54. The maximum atomic E-state index is 12.0. The minimum absolute atomic E-state index is 0.00227. The van der Waals surface area contributed by atoms with Gasteiger partial charge in [0.05, 0.1) is 17.9 Å². The molecule has 5 nitrogen and oxygen atoms in total. The largest absolute Gasteiger partial charge is 0.397 e. The van der Waals surface area contributed by atoms with E-state index in [1.807, 2.05) is 18.2 Å². The first kappa shape index (κ1) is 13.8. The van der Waals surface area contributed by atoms with Crippen LogP contribution in [0.4, 0.5) is 11.4 Å². The van der Waals surface area contributed by atoms with Gasteiger partial charge in [-0.3, -0.25) is 9.69 Å². The number of rotatable bonds is 3. The lowest BCUT2D eigenvalue weighted by molar-refractivity contribution is -0.117. The third-order valence-corrected chi connectivity index (χ3v) is 3.41. The Morgan fingerprint density at radius 2 is 2.05 bits per heavy atom. The van der Waals surface area contributed by atoms with E-state index in [0.29, 0.717) is 17.9 Å². The zero-order chi connectivity index (χ0) is 13.7. The van der Waals surface area contributed by atoms with Crippen LogP contribution in [-0.2, 0) is 4.79 Å². The number of nitrogens with two attached hydrogens (primary N) is 1. The van der Waals surface area contributed by atoms with Gasteiger partial charge in [-0.25, -0.2) is 0 Å². The molecule has 5 heteroatoms. The number of nitrogens with zero attached hydrogens (tertiary/aromatic N) is 2. The highest BCUT2D eigenvalue weighted by Gasteiger charge is 2.15. The molecular weight excluding hydrogens is 240 g/mol. The minimum atomic E-state index is 0.00227. The van der Waals surface area contributed by atoms with Gasteiger partial charge in [0.25, 0.3) is 0 Å². The number of likely N-dealkylation sites (N-methyl/N-ethyl adjacent to an activating group) is 1. The molecule has 0 atom stereocenters. The highest BCUT2D eigenvalue weighted by atomic mass is 16.2. The highest BCUT2D eigenvalue weighted by Crippen LogP contribution is 2.16. The predicted molar refractivity (Wildman–Crippen MR) is 78.0 cm³/mol. The second-order valence-electron chi connectivity index (χ2n) is 5.07. The van der Waals surface area contributed by atoms with Gasteiger partial charge < -0.3 is 16.0 Å². The van der Waals surface area contributed by atoms with Gasteiger partial charge in [-0.2, -0.15) is 0 Å². The summed E-state index contributed by atoms with van der Waals surface area (Å²) in [6.07, 6.45) is 1.11. The molecule has 3 N–H and O–H groups in total. The van der Waals surface area contributed by atoms with Crippen LogP contribution in [0.2, 0.25) is 0 Å². The number of hydrogen-bond acceptors (Lipinski definition) is 4. The van der Waals surface area contributed by atoms with Crippen LogP contribution in [0.15, 0.2) is 24.3 Å². The standard InChI is InChI=1S/C14H22N4O/c1-17-7-4-8-18(10-9-17)11-14(19)16-13-6-3-2-5-12(13)15/h2-3,5-6H,4,7-11,15H2,1H3,(H,16,19). The van der Waals surface area contributed by atoms with Crippen molar-refractivity contribution in [2.45, 2.75) is 6.42 Å². The topological polar surface area (TPSA) is 61.6 Å². The first-order valence-electron chi connectivity index (χ1n) is 6.70. The molecule has 0 unspecified atom stereocenters. The molecule has 1 amide bonds. The number of nitrogen functional groups attached to an aromatic ring is 1. The van der Waals surface area contributed by atoms with Gasteiger partial charge in [0.1, 0.15) is 0 Å². The maximum Gasteiger partial charge on any atom is 0.238 e. The average molecular weight is 262 g/mol. The first-order valence-corrected chi connectivity index (χ1v) is 6.70. The van der Waals surface area contributed by atoms with Crippen molar-refractivity contribution in [3.63, 3.8) is 0 Å². The van der Waals surface area contributed by atoms with Crippen molar-refractivity contribution >= 4 is 17.3 Å². The number of carbonyl (C=O) groups is 1. The van der Waals surface area contributed by atoms with Crippen molar-refractivity contribution in [2.24, 2.45) is 0 Å². The van der Waals surface area contributed by atoms with Gasteiger partial charge in [-0.15, -0.1) is 0 Å². The van der Waals surface area contributed by atoms with Crippen LogP contribution in [0.5, 0.6) is 0 Å². The summed E-state index contributed by atoms with van der Waals surface area (Å²) in [5, 5.41) is 2.87. The fraction of sp³-hybridized carbons (Fsp3) is 0.500. The predicted octanol–water partition coefficient (Wildman–Crippen LogP) is 0.845. The molecule has 0 bridgehead atoms. The summed E-state index contributed by atoms with van der Waals surface area (Å²) in [6.45, 7) is 4.46. The molecule has 0 spiro atoms. The van der Waals surface area contributed by atoms with Crippen molar-refractivity contribution in [1.82, 2.24) is 9.80 Å². The summed E-state index contributed by atoms with van der Waals surface area (Å²) in [5.41, 5.74) is 7.11. The van der Waals surface area contributed by atoms with Crippen molar-refractivity contribution in [1.29, 1.82) is 0 Å². The monoisotopic (exact) mass is 262 g/mol. The normalized spacial score (nSPS) is 17.9. The van der Waals surface area contributed by atoms with E-state index in [0.717, 1.165) is 32.6 Å². The van der Waals surface area contributed by atoms with Crippen LogP contribution in [0.3, 0.4) is 0 Å². The first-order chi connectivity index (χ1) is 9.15. The lowest BCUT2D eigenvalue weighted by Crippen LogP contribution is -2.36. The quantitative estimate of drug-likeness (QED) is 0.793. The third kappa shape index (κ3) is 4.22. The van der Waals surface area contributed by atoms with E-state index in [4.69, 9.17) is 5.73 Å². The molecule has 0 aromatic heterocycles. The van der Waals surface area contributed by atoms with E-state index < -0.39 is 0 Å². The Morgan fingerprint density at radius 1 is 1.26 bits per heavy atom. The van der Waals surface area contributed by atoms with E-state index >= 15 is 0 Å². The van der Waals surface area contributed by atoms with Crippen molar-refractivity contribution in [3.8, 4) is 0 Å². The molecule has 1 aromatic carbocycles. The Morgan fingerprint density at radius 3 is 2.84 bits per heavy atom. The molecule has 2 rings (SSSR count). The number of benzene rings is 1. The Kier molecular flexibility index (Phi) is 4.76. The summed E-state index contributed by atoms with van der Waals surface area (Å²) in [6, 6.07) is 7.34. The van der Waals surface area contributed by atoms with Crippen LogP contribution in [0, 0.1) is 0 Å². The van der Waals surface area contributed by atoms with Crippen LogP contribution >= 0.6 is 0 Å². The number of carbonyl (C=O) groups excluding carboxylic acids is 1. The molecule has 1 aliphatic heterocycles. The number of nitrogens with one attached hydrogen (secondary N) is 1. The van der Waals surface area contributed by atoms with E-state index in [9.17, 15) is 4.79 Å². The SMILES string of the molecule is CN1CCCN(CC(=O)Nc2ccccc2N)CC1. The Hall–Kier alpha value is -1.59. The molecule has 0 saturated carbocycles. The number of anilines is 2. The zero-order valence-electron chi connectivity index (χ0n) is 11.4. The van der Waals surface area contributed by atoms with Gasteiger partial charge in [-0.05, 0) is 38.7 Å². The van der Waals surface area contributed by atoms with Gasteiger partial charge in [-0.1, -0.05) is 12.1 Å². The van der Waals surface area contributed by atoms with Crippen LogP contribution in [0.1, 0.15) is 6.42 Å². The Labute approximate surface area is 114 Å². The molecule has 1 heterocycles. The lowest BCUT2D eigenvalue weighted by atomic mass is 10.2. The van der Waals surface area contributed by atoms with E-state index in [-0.39, 0.29) is 5.91 Å². The van der Waals surface area contributed by atoms with Crippen LogP contribution < -0.4 is 11.1 Å². The van der Waals surface area contributed by atoms with Crippen LogP contribution in [-0.4, -0.2) is 55.5 Å². The summed E-state index contributed by atoms with van der Waals surface area (Å²) < 4.78 is 0. The van der Waals surface area contributed by atoms with Gasteiger partial charge in [0, 0.05) is 13.1 Å². The summed E-state index contributed by atoms with van der Waals surface area (Å²) in [7, 11) is 2.12. The summed E-state index contributed by atoms with van der Waals surface area (Å²) >= 11 is 0. The molecule has 1 aromatic rings. The average Bonchev–Trinajstić information content (AvgIpc) is 2.57. The summed E-state index contributed by atoms with van der Waals surface area (Å²) in [5.74, 6) is 0.00227. The van der Waals surface area contributed by atoms with Crippen molar-refractivity contribution < 1.29 is 4.79 Å². The van der Waals surface area contributed by atoms with Gasteiger partial charge in [0.2, 0.25) is 5.91 Å². The van der Waals surface area contributed by atoms with Gasteiger partial charge in [0.15, 0.2) is 0 Å². The summed E-state index contributed by atoms with van der Waals surface area (Å²) in [4.78, 5) is 16.5. The van der Waals surface area contributed by atoms with E-state index in [1.165, 1.54) is 0 Å². The van der Waals surface area contributed by atoms with Crippen molar-refractivity contribution in [3.05, 3.63) is 24.3 Å². The molecule has 1 fully saturated rings. The third-order valence-electron chi connectivity index (χ3n) is 3.41. The second-order valence-corrected chi connectivity index (χ2v) is 5.07. The molecule has 19 heavy (non-hydrogen) atoms. The minimum Gasteiger partial charge on any atom is -0.397 e. The smallest absolute Gasteiger partial charge is 0.238 e. The number of hydrogen-bond donors (Lipinski definition) is 2. The lowest BCUT2D eigenvalue weighted by Gasteiger charge is -2.19. The molecule has 1 saturated heterocycles. The fourth-order valence-corrected chi connectivity index (χ4v) is 2.26. The number of para-hydroxylation sites is 2. The van der Waals surface area contributed by atoms with Crippen molar-refractivity contribution in [2.75, 3.05) is 50.8 Å². The fourth-order valence-electron chi connectivity index (χ4n) is 2.26. The Balaban J connectivity index is 1.86. The molecule has 104 valence electrons. The molecular formula is C14H22N4O. The number of amides is 1. The molecule has 0 aliphatic carbocycles. The van der Waals surface area contributed by atoms with E-state index in [2.05, 4.69) is 22.2 Å². The van der Waals surface area contributed by atoms with Gasteiger partial charge >= 0.3 is 0 Å². The highest BCUT2D eigenvalue weighted by molar-refractivity contribution is 5.95.